The standard InChI is InChI=1S/C14H20F3NO/c1-9(18)12(13(2,3)4)19-11-7-5-6-10(8-11)14(15,16)17/h5-9,12H,18H2,1-4H3. The minimum Gasteiger partial charge on any atom is -0.488 e. The van der Waals surface area contributed by atoms with Gasteiger partial charge in [-0.15, -0.1) is 0 Å². The lowest BCUT2D eigenvalue weighted by Crippen LogP contribution is -2.45. The minimum atomic E-state index is -4.37. The van der Waals surface area contributed by atoms with Crippen LogP contribution in [-0.4, -0.2) is 12.1 Å². The first-order valence-electron chi connectivity index (χ1n) is 6.11. The van der Waals surface area contributed by atoms with E-state index in [2.05, 4.69) is 0 Å². The van der Waals surface area contributed by atoms with Gasteiger partial charge in [-0.25, -0.2) is 0 Å². The lowest BCUT2D eigenvalue weighted by atomic mass is 9.85. The fourth-order valence-electron chi connectivity index (χ4n) is 1.97. The Labute approximate surface area is 111 Å². The van der Waals surface area contributed by atoms with Crippen molar-refractivity contribution in [2.45, 2.75) is 46.0 Å². The van der Waals surface area contributed by atoms with Gasteiger partial charge in [0.25, 0.3) is 0 Å². The number of hydrogen-bond acceptors (Lipinski definition) is 2. The molecule has 0 aliphatic heterocycles. The zero-order valence-corrected chi connectivity index (χ0v) is 11.6. The van der Waals surface area contributed by atoms with Crippen LogP contribution in [0.25, 0.3) is 0 Å². The lowest BCUT2D eigenvalue weighted by Gasteiger charge is -2.34. The summed E-state index contributed by atoms with van der Waals surface area (Å²) < 4.78 is 43.5. The molecule has 19 heavy (non-hydrogen) atoms. The normalized spacial score (nSPS) is 16.0. The van der Waals surface area contributed by atoms with Gasteiger partial charge in [-0.1, -0.05) is 26.8 Å². The number of benzene rings is 1. The Balaban J connectivity index is 2.99. The van der Waals surface area contributed by atoms with Gasteiger partial charge < -0.3 is 10.5 Å². The van der Waals surface area contributed by atoms with Crippen molar-refractivity contribution in [3.05, 3.63) is 29.8 Å². The van der Waals surface area contributed by atoms with Crippen LogP contribution in [0.15, 0.2) is 24.3 Å². The summed E-state index contributed by atoms with van der Waals surface area (Å²) in [6, 6.07) is 4.58. The van der Waals surface area contributed by atoms with Gasteiger partial charge in [0.1, 0.15) is 11.9 Å². The molecule has 0 bridgehead atoms. The highest BCUT2D eigenvalue weighted by molar-refractivity contribution is 5.30. The summed E-state index contributed by atoms with van der Waals surface area (Å²) in [5.41, 5.74) is 4.87. The average molecular weight is 275 g/mol. The number of hydrogen-bond donors (Lipinski definition) is 1. The summed E-state index contributed by atoms with van der Waals surface area (Å²) in [5, 5.41) is 0. The summed E-state index contributed by atoms with van der Waals surface area (Å²) >= 11 is 0. The first-order valence-corrected chi connectivity index (χ1v) is 6.11. The first kappa shape index (κ1) is 15.8. The van der Waals surface area contributed by atoms with Crippen LogP contribution in [0.3, 0.4) is 0 Å². The van der Waals surface area contributed by atoms with E-state index in [0.29, 0.717) is 0 Å². The molecule has 1 aromatic carbocycles. The van der Waals surface area contributed by atoms with Crippen molar-refractivity contribution >= 4 is 0 Å². The van der Waals surface area contributed by atoms with Gasteiger partial charge >= 0.3 is 6.18 Å². The molecule has 2 unspecified atom stereocenters. The summed E-state index contributed by atoms with van der Waals surface area (Å²) in [6.07, 6.45) is -4.73. The quantitative estimate of drug-likeness (QED) is 0.909. The Morgan fingerprint density at radius 3 is 2.16 bits per heavy atom. The Morgan fingerprint density at radius 2 is 1.74 bits per heavy atom. The van der Waals surface area contributed by atoms with Gasteiger partial charge in [0, 0.05) is 11.5 Å². The molecule has 2 N–H and O–H groups in total. The molecule has 0 fully saturated rings. The maximum atomic E-state index is 12.6. The van der Waals surface area contributed by atoms with Crippen LogP contribution in [0.1, 0.15) is 33.3 Å². The van der Waals surface area contributed by atoms with Crippen molar-refractivity contribution < 1.29 is 17.9 Å². The molecular weight excluding hydrogens is 255 g/mol. The Morgan fingerprint density at radius 1 is 1.16 bits per heavy atom. The lowest BCUT2D eigenvalue weighted by molar-refractivity contribution is -0.137. The second-order valence-corrected chi connectivity index (χ2v) is 5.79. The summed E-state index contributed by atoms with van der Waals surface area (Å²) in [6.45, 7) is 7.60. The molecule has 0 aromatic heterocycles. The molecule has 0 spiro atoms. The highest BCUT2D eigenvalue weighted by Gasteiger charge is 2.33. The molecule has 108 valence electrons. The van der Waals surface area contributed by atoms with Crippen LogP contribution in [0.5, 0.6) is 5.75 Å². The van der Waals surface area contributed by atoms with Crippen LogP contribution >= 0.6 is 0 Å². The third-order valence-electron chi connectivity index (χ3n) is 2.76. The molecule has 1 aromatic rings. The maximum Gasteiger partial charge on any atom is 0.416 e. The topological polar surface area (TPSA) is 35.2 Å². The highest BCUT2D eigenvalue weighted by Crippen LogP contribution is 2.33. The van der Waals surface area contributed by atoms with Gasteiger partial charge in [-0.3, -0.25) is 0 Å². The van der Waals surface area contributed by atoms with E-state index in [1.807, 2.05) is 20.8 Å². The van der Waals surface area contributed by atoms with E-state index in [-0.39, 0.29) is 23.3 Å². The van der Waals surface area contributed by atoms with Gasteiger partial charge in [-0.05, 0) is 25.1 Å². The van der Waals surface area contributed by atoms with E-state index in [0.717, 1.165) is 12.1 Å². The Hall–Kier alpha value is -1.23. The fraction of sp³-hybridized carbons (Fsp3) is 0.571. The minimum absolute atomic E-state index is 0.187. The summed E-state index contributed by atoms with van der Waals surface area (Å²) in [5.74, 6) is 0.187. The van der Waals surface area contributed by atoms with Gasteiger partial charge in [0.05, 0.1) is 5.56 Å². The van der Waals surface area contributed by atoms with Gasteiger partial charge in [-0.2, -0.15) is 13.2 Å². The average Bonchev–Trinajstić information content (AvgIpc) is 2.23. The largest absolute Gasteiger partial charge is 0.488 e. The SMILES string of the molecule is CC(N)C(Oc1cccc(C(F)(F)F)c1)C(C)(C)C. The van der Waals surface area contributed by atoms with Crippen LogP contribution in [0.4, 0.5) is 13.2 Å². The second kappa shape index (κ2) is 5.41. The number of halogens is 3. The monoisotopic (exact) mass is 275 g/mol. The second-order valence-electron chi connectivity index (χ2n) is 5.79. The molecule has 0 heterocycles. The molecule has 1 rings (SSSR count). The molecular formula is C14H20F3NO. The molecule has 0 amide bonds. The molecule has 2 atom stereocenters. The van der Waals surface area contributed by atoms with Crippen molar-refractivity contribution in [1.29, 1.82) is 0 Å². The number of ether oxygens (including phenoxy) is 1. The van der Waals surface area contributed by atoms with Crippen molar-refractivity contribution in [2.24, 2.45) is 11.1 Å². The smallest absolute Gasteiger partial charge is 0.416 e. The molecule has 2 nitrogen and oxygen atoms in total. The fourth-order valence-corrected chi connectivity index (χ4v) is 1.97. The Kier molecular flexibility index (Phi) is 4.50. The van der Waals surface area contributed by atoms with E-state index in [4.69, 9.17) is 10.5 Å². The molecule has 5 heteroatoms. The predicted molar refractivity (Wildman–Crippen MR) is 69.0 cm³/mol. The van der Waals surface area contributed by atoms with Crippen molar-refractivity contribution in [2.75, 3.05) is 0 Å². The van der Waals surface area contributed by atoms with Crippen LogP contribution < -0.4 is 10.5 Å². The molecule has 0 saturated heterocycles. The van der Waals surface area contributed by atoms with E-state index in [9.17, 15) is 13.2 Å². The number of nitrogens with two attached hydrogens (primary N) is 1. The van der Waals surface area contributed by atoms with Crippen LogP contribution in [0, 0.1) is 5.41 Å². The van der Waals surface area contributed by atoms with Crippen molar-refractivity contribution in [1.82, 2.24) is 0 Å². The zero-order chi connectivity index (χ0) is 14.8. The van der Waals surface area contributed by atoms with E-state index in [1.165, 1.54) is 12.1 Å². The Bertz CT molecular complexity index is 421. The van der Waals surface area contributed by atoms with Gasteiger partial charge in [0.15, 0.2) is 0 Å². The third-order valence-corrected chi connectivity index (χ3v) is 2.76. The molecule has 0 radical (unpaired) electrons. The number of alkyl halides is 3. The summed E-state index contributed by atoms with van der Waals surface area (Å²) in [4.78, 5) is 0. The van der Waals surface area contributed by atoms with Crippen molar-refractivity contribution in [3.63, 3.8) is 0 Å². The molecule has 0 saturated carbocycles. The van der Waals surface area contributed by atoms with E-state index in [1.54, 1.807) is 6.92 Å². The molecule has 0 aliphatic rings. The third kappa shape index (κ3) is 4.42. The van der Waals surface area contributed by atoms with Gasteiger partial charge in [0.2, 0.25) is 0 Å². The van der Waals surface area contributed by atoms with Crippen LogP contribution in [-0.2, 0) is 6.18 Å². The number of rotatable bonds is 3. The molecule has 0 aliphatic carbocycles. The van der Waals surface area contributed by atoms with E-state index >= 15 is 0 Å². The van der Waals surface area contributed by atoms with Crippen LogP contribution in [0.2, 0.25) is 0 Å². The zero-order valence-electron chi connectivity index (χ0n) is 11.6. The van der Waals surface area contributed by atoms with Crippen molar-refractivity contribution in [3.8, 4) is 5.75 Å². The first-order chi connectivity index (χ1) is 8.51. The highest BCUT2D eigenvalue weighted by atomic mass is 19.4. The predicted octanol–water partition coefficient (Wildman–Crippen LogP) is 3.85. The van der Waals surface area contributed by atoms with E-state index < -0.39 is 11.7 Å². The summed E-state index contributed by atoms with van der Waals surface area (Å²) in [7, 11) is 0. The maximum absolute atomic E-state index is 12.6.